The second-order valence-electron chi connectivity index (χ2n) is 5.16. The summed E-state index contributed by atoms with van der Waals surface area (Å²) < 4.78 is 36.7. The number of primary sulfonamides is 1. The van der Waals surface area contributed by atoms with E-state index in [0.717, 1.165) is 31.4 Å². The molecule has 3 N–H and O–H groups in total. The third kappa shape index (κ3) is 4.78. The molecule has 1 rings (SSSR count). The minimum atomic E-state index is -3.99. The number of sulfonamides is 1. The summed E-state index contributed by atoms with van der Waals surface area (Å²) in [5.41, 5.74) is -0.241. The highest BCUT2D eigenvalue weighted by molar-refractivity contribution is 7.89. The Morgan fingerprint density at radius 2 is 2.05 bits per heavy atom. The standard InChI is InChI=1S/C14H21FN2O3S/c1-4-5-6-10(3)17-14(18)12-8-11(21(16,19)20)7-9(2)13(12)15/h7-8,10H,4-6H2,1-3H3,(H,17,18)(H2,16,19,20). The number of halogens is 1. The molecule has 0 saturated carbocycles. The molecule has 7 heteroatoms. The highest BCUT2D eigenvalue weighted by Gasteiger charge is 2.20. The molecule has 1 amide bonds. The molecule has 0 saturated heterocycles. The first-order chi connectivity index (χ1) is 9.66. The minimum absolute atomic E-state index is 0.0629. The van der Waals surface area contributed by atoms with Crippen LogP contribution in [0.3, 0.4) is 0 Å². The van der Waals surface area contributed by atoms with Gasteiger partial charge >= 0.3 is 0 Å². The molecule has 0 aromatic heterocycles. The number of amides is 1. The van der Waals surface area contributed by atoms with Gasteiger partial charge in [-0.1, -0.05) is 19.8 Å². The number of hydrogen-bond donors (Lipinski definition) is 2. The second-order valence-corrected chi connectivity index (χ2v) is 6.72. The molecule has 0 radical (unpaired) electrons. The van der Waals surface area contributed by atoms with E-state index in [1.807, 2.05) is 13.8 Å². The number of nitrogens with two attached hydrogens (primary N) is 1. The Labute approximate surface area is 124 Å². The van der Waals surface area contributed by atoms with Gasteiger partial charge in [-0.25, -0.2) is 17.9 Å². The normalized spacial score (nSPS) is 13.0. The van der Waals surface area contributed by atoms with Gasteiger partial charge in [0.05, 0.1) is 10.5 Å². The average Bonchev–Trinajstić information content (AvgIpc) is 2.37. The fourth-order valence-corrected chi connectivity index (χ4v) is 2.57. The molecule has 1 aromatic rings. The van der Waals surface area contributed by atoms with E-state index in [2.05, 4.69) is 5.32 Å². The quantitative estimate of drug-likeness (QED) is 0.842. The Bertz CT molecular complexity index is 629. The van der Waals surface area contributed by atoms with Gasteiger partial charge in [-0.3, -0.25) is 4.79 Å². The number of carbonyl (C=O) groups excluding carboxylic acids is 1. The fraction of sp³-hybridized carbons (Fsp3) is 0.500. The molecule has 1 aromatic carbocycles. The van der Waals surface area contributed by atoms with Crippen molar-refractivity contribution in [1.29, 1.82) is 0 Å². The van der Waals surface area contributed by atoms with Gasteiger partial charge in [0.15, 0.2) is 0 Å². The molecule has 1 unspecified atom stereocenters. The van der Waals surface area contributed by atoms with Gasteiger partial charge in [0.1, 0.15) is 5.82 Å². The summed E-state index contributed by atoms with van der Waals surface area (Å²) in [5.74, 6) is -1.37. The van der Waals surface area contributed by atoms with Crippen LogP contribution in [-0.2, 0) is 10.0 Å². The molecule has 0 spiro atoms. The predicted octanol–water partition coefficient (Wildman–Crippen LogP) is 2.09. The van der Waals surface area contributed by atoms with Gasteiger partial charge in [-0.05, 0) is 38.0 Å². The SMILES string of the molecule is CCCCC(C)NC(=O)c1cc(S(N)(=O)=O)cc(C)c1F. The van der Waals surface area contributed by atoms with Crippen molar-refractivity contribution in [3.63, 3.8) is 0 Å². The van der Waals surface area contributed by atoms with Crippen LogP contribution < -0.4 is 10.5 Å². The van der Waals surface area contributed by atoms with E-state index in [0.29, 0.717) is 0 Å². The van der Waals surface area contributed by atoms with E-state index in [1.54, 1.807) is 0 Å². The average molecular weight is 316 g/mol. The molecular formula is C14H21FN2O3S. The lowest BCUT2D eigenvalue weighted by molar-refractivity contribution is 0.0933. The van der Waals surface area contributed by atoms with Crippen LogP contribution in [0, 0.1) is 12.7 Å². The van der Waals surface area contributed by atoms with Crippen LogP contribution in [0.1, 0.15) is 49.0 Å². The molecule has 0 heterocycles. The number of rotatable bonds is 6. The van der Waals surface area contributed by atoms with Gasteiger partial charge < -0.3 is 5.32 Å². The van der Waals surface area contributed by atoms with Crippen LogP contribution in [0.15, 0.2) is 17.0 Å². The van der Waals surface area contributed by atoms with Crippen LogP contribution in [0.5, 0.6) is 0 Å². The molecule has 1 atom stereocenters. The summed E-state index contributed by atoms with van der Waals surface area (Å²) in [6.07, 6.45) is 2.71. The van der Waals surface area contributed by atoms with Gasteiger partial charge in [-0.2, -0.15) is 0 Å². The predicted molar refractivity (Wildman–Crippen MR) is 79.0 cm³/mol. The molecular weight excluding hydrogens is 295 g/mol. The van der Waals surface area contributed by atoms with Crippen LogP contribution in [0.25, 0.3) is 0 Å². The summed E-state index contributed by atoms with van der Waals surface area (Å²) in [7, 11) is -3.99. The Balaban J connectivity index is 3.06. The molecule has 0 bridgehead atoms. The van der Waals surface area contributed by atoms with E-state index in [-0.39, 0.29) is 22.1 Å². The van der Waals surface area contributed by atoms with Crippen molar-refractivity contribution in [1.82, 2.24) is 5.32 Å². The smallest absolute Gasteiger partial charge is 0.254 e. The summed E-state index contributed by atoms with van der Waals surface area (Å²) in [6.45, 7) is 5.25. The number of hydrogen-bond acceptors (Lipinski definition) is 3. The maximum Gasteiger partial charge on any atom is 0.254 e. The Morgan fingerprint density at radius 1 is 1.43 bits per heavy atom. The van der Waals surface area contributed by atoms with E-state index in [4.69, 9.17) is 5.14 Å². The van der Waals surface area contributed by atoms with Crippen LogP contribution in [0.4, 0.5) is 4.39 Å². The van der Waals surface area contributed by atoms with Crippen molar-refractivity contribution in [3.8, 4) is 0 Å². The summed E-state index contributed by atoms with van der Waals surface area (Å²) in [5, 5.41) is 7.69. The van der Waals surface area contributed by atoms with Gasteiger partial charge in [0, 0.05) is 6.04 Å². The van der Waals surface area contributed by atoms with E-state index in [9.17, 15) is 17.6 Å². The number of unbranched alkanes of at least 4 members (excludes halogenated alkanes) is 1. The Kier molecular flexibility index (Phi) is 5.86. The van der Waals surface area contributed by atoms with Gasteiger partial charge in [-0.15, -0.1) is 0 Å². The monoisotopic (exact) mass is 316 g/mol. The molecule has 0 aliphatic heterocycles. The summed E-state index contributed by atoms with van der Waals surface area (Å²) in [6, 6.07) is 1.97. The number of benzene rings is 1. The maximum absolute atomic E-state index is 14.0. The zero-order valence-electron chi connectivity index (χ0n) is 12.4. The van der Waals surface area contributed by atoms with Crippen molar-refractivity contribution in [2.75, 3.05) is 0 Å². The third-order valence-corrected chi connectivity index (χ3v) is 4.06. The highest BCUT2D eigenvalue weighted by atomic mass is 32.2. The maximum atomic E-state index is 14.0. The van der Waals surface area contributed by atoms with Gasteiger partial charge in [0.2, 0.25) is 10.0 Å². The molecule has 0 aliphatic carbocycles. The number of aryl methyl sites for hydroxylation is 1. The Morgan fingerprint density at radius 3 is 2.57 bits per heavy atom. The first-order valence-corrected chi connectivity index (χ1v) is 8.35. The lowest BCUT2D eigenvalue weighted by atomic mass is 10.1. The fourth-order valence-electron chi connectivity index (χ4n) is 1.95. The second kappa shape index (κ2) is 7.00. The lowest BCUT2D eigenvalue weighted by Crippen LogP contribution is -2.33. The first kappa shape index (κ1) is 17.6. The lowest BCUT2D eigenvalue weighted by Gasteiger charge is -2.15. The summed E-state index contributed by atoms with van der Waals surface area (Å²) in [4.78, 5) is 11.8. The Hall–Kier alpha value is -1.47. The van der Waals surface area contributed by atoms with Crippen molar-refractivity contribution in [2.24, 2.45) is 5.14 Å². The zero-order chi connectivity index (χ0) is 16.2. The van der Waals surface area contributed by atoms with Crippen molar-refractivity contribution >= 4 is 15.9 Å². The molecule has 0 aliphatic rings. The zero-order valence-corrected chi connectivity index (χ0v) is 13.3. The highest BCUT2D eigenvalue weighted by Crippen LogP contribution is 2.18. The number of nitrogens with one attached hydrogen (secondary N) is 1. The molecule has 0 fully saturated rings. The van der Waals surface area contributed by atoms with E-state index >= 15 is 0 Å². The minimum Gasteiger partial charge on any atom is -0.349 e. The van der Waals surface area contributed by atoms with Crippen LogP contribution >= 0.6 is 0 Å². The van der Waals surface area contributed by atoms with E-state index < -0.39 is 21.7 Å². The van der Waals surface area contributed by atoms with Crippen LogP contribution in [-0.4, -0.2) is 20.4 Å². The first-order valence-electron chi connectivity index (χ1n) is 6.80. The van der Waals surface area contributed by atoms with Gasteiger partial charge in [0.25, 0.3) is 5.91 Å². The third-order valence-electron chi connectivity index (χ3n) is 3.17. The molecule has 21 heavy (non-hydrogen) atoms. The largest absolute Gasteiger partial charge is 0.349 e. The molecule has 5 nitrogen and oxygen atoms in total. The van der Waals surface area contributed by atoms with Crippen molar-refractivity contribution < 1.29 is 17.6 Å². The van der Waals surface area contributed by atoms with Crippen molar-refractivity contribution in [3.05, 3.63) is 29.1 Å². The number of carbonyl (C=O) groups is 1. The molecule has 118 valence electrons. The topological polar surface area (TPSA) is 89.3 Å². The summed E-state index contributed by atoms with van der Waals surface area (Å²) >= 11 is 0. The van der Waals surface area contributed by atoms with Crippen LogP contribution in [0.2, 0.25) is 0 Å². The van der Waals surface area contributed by atoms with Crippen molar-refractivity contribution in [2.45, 2.75) is 51.0 Å². The van der Waals surface area contributed by atoms with E-state index in [1.165, 1.54) is 6.92 Å².